The fourth-order valence-corrected chi connectivity index (χ4v) is 5.76. The maximum atomic E-state index is 13.3. The van der Waals surface area contributed by atoms with E-state index in [-0.39, 0.29) is 16.7 Å². The van der Waals surface area contributed by atoms with Crippen molar-refractivity contribution in [3.8, 4) is 0 Å². The Labute approximate surface area is 167 Å². The number of hydrogen-bond donors (Lipinski definition) is 1. The second-order valence-corrected chi connectivity index (χ2v) is 9.78. The lowest BCUT2D eigenvalue weighted by Gasteiger charge is -2.15. The van der Waals surface area contributed by atoms with Crippen LogP contribution < -0.4 is 10.9 Å². The molecular formula is C20H25N3O2S2. The molecule has 0 spiro atoms. The summed E-state index contributed by atoms with van der Waals surface area (Å²) in [5.41, 5.74) is 1.22. The van der Waals surface area contributed by atoms with Gasteiger partial charge in [-0.2, -0.15) is 0 Å². The summed E-state index contributed by atoms with van der Waals surface area (Å²) in [4.78, 5) is 32.6. The van der Waals surface area contributed by atoms with Crippen LogP contribution in [0.4, 0.5) is 0 Å². The van der Waals surface area contributed by atoms with Crippen molar-refractivity contribution in [3.05, 3.63) is 33.4 Å². The molecule has 1 saturated carbocycles. The van der Waals surface area contributed by atoms with E-state index in [0.717, 1.165) is 42.3 Å². The van der Waals surface area contributed by atoms with Crippen molar-refractivity contribution in [1.29, 1.82) is 0 Å². The molecule has 7 heteroatoms. The maximum Gasteiger partial charge on any atom is 0.263 e. The number of aromatic nitrogens is 2. The van der Waals surface area contributed by atoms with E-state index < -0.39 is 0 Å². The number of aryl methyl sites for hydroxylation is 2. The Morgan fingerprint density at radius 1 is 1.41 bits per heavy atom. The number of amides is 1. The lowest BCUT2D eigenvalue weighted by atomic mass is 10.1. The second-order valence-electron chi connectivity index (χ2n) is 7.39. The number of nitrogens with one attached hydrogen (secondary N) is 1. The third-order valence-electron chi connectivity index (χ3n) is 5.18. The van der Waals surface area contributed by atoms with Crippen molar-refractivity contribution in [2.75, 3.05) is 0 Å². The van der Waals surface area contributed by atoms with Crippen LogP contribution >= 0.6 is 23.1 Å². The molecule has 0 saturated heterocycles. The summed E-state index contributed by atoms with van der Waals surface area (Å²) in [6.45, 7) is 6.08. The third-order valence-corrected chi connectivity index (χ3v) is 7.45. The molecule has 1 amide bonds. The third kappa shape index (κ3) is 3.85. The molecule has 1 fully saturated rings. The van der Waals surface area contributed by atoms with Crippen LogP contribution in [0.2, 0.25) is 0 Å². The minimum atomic E-state index is -0.288. The zero-order chi connectivity index (χ0) is 19.0. The predicted octanol–water partition coefficient (Wildman–Crippen LogP) is 3.67. The smallest absolute Gasteiger partial charge is 0.263 e. The maximum absolute atomic E-state index is 13.3. The van der Waals surface area contributed by atoms with Gasteiger partial charge in [-0.25, -0.2) is 4.98 Å². The van der Waals surface area contributed by atoms with Gasteiger partial charge in [0.15, 0.2) is 5.16 Å². The Bertz CT molecular complexity index is 943. The zero-order valence-corrected chi connectivity index (χ0v) is 17.3. The Kier molecular flexibility index (Phi) is 5.41. The van der Waals surface area contributed by atoms with Crippen molar-refractivity contribution in [1.82, 2.24) is 14.9 Å². The molecule has 2 aliphatic carbocycles. The summed E-state index contributed by atoms with van der Waals surface area (Å²) in [7, 11) is 0. The van der Waals surface area contributed by atoms with E-state index in [1.54, 1.807) is 22.0 Å². The topological polar surface area (TPSA) is 64.0 Å². The molecule has 2 aliphatic rings. The van der Waals surface area contributed by atoms with E-state index in [2.05, 4.69) is 11.9 Å². The Balaban J connectivity index is 1.73. The molecular weight excluding hydrogens is 378 g/mol. The van der Waals surface area contributed by atoms with Crippen LogP contribution in [-0.4, -0.2) is 26.8 Å². The highest BCUT2D eigenvalue weighted by Crippen LogP contribution is 2.34. The van der Waals surface area contributed by atoms with Gasteiger partial charge in [0.05, 0.1) is 10.6 Å². The van der Waals surface area contributed by atoms with Crippen LogP contribution in [0.15, 0.2) is 22.6 Å². The first-order chi connectivity index (χ1) is 13.1. The zero-order valence-electron chi connectivity index (χ0n) is 15.6. The van der Waals surface area contributed by atoms with Crippen molar-refractivity contribution in [3.63, 3.8) is 0 Å². The largest absolute Gasteiger partial charge is 0.352 e. The molecule has 1 N–H and O–H groups in total. The summed E-state index contributed by atoms with van der Waals surface area (Å²) < 4.78 is 1.68. The first kappa shape index (κ1) is 18.7. The number of nitrogens with zero attached hydrogens (tertiary/aromatic N) is 2. The van der Waals surface area contributed by atoms with Gasteiger partial charge in [0.25, 0.3) is 5.56 Å². The molecule has 2 aromatic heterocycles. The van der Waals surface area contributed by atoms with Crippen LogP contribution in [0.1, 0.15) is 49.5 Å². The first-order valence-electron chi connectivity index (χ1n) is 9.71. The SMILES string of the molecule is C=CCn1c(SC(C)C(=O)NC2CC2)nc2sc3c(c2c1=O)CCCCC3. The Morgan fingerprint density at radius 3 is 2.93 bits per heavy atom. The Hall–Kier alpha value is -1.60. The summed E-state index contributed by atoms with van der Waals surface area (Å²) >= 11 is 3.03. The van der Waals surface area contributed by atoms with Crippen LogP contribution in [0.25, 0.3) is 10.2 Å². The molecule has 0 aliphatic heterocycles. The lowest BCUT2D eigenvalue weighted by Crippen LogP contribution is -2.33. The fourth-order valence-electron chi connectivity index (χ4n) is 3.53. The average molecular weight is 404 g/mol. The molecule has 144 valence electrons. The summed E-state index contributed by atoms with van der Waals surface area (Å²) in [6, 6.07) is 0.333. The van der Waals surface area contributed by atoms with E-state index in [1.165, 1.54) is 35.0 Å². The molecule has 5 nitrogen and oxygen atoms in total. The summed E-state index contributed by atoms with van der Waals surface area (Å²) in [5, 5.41) is 4.15. The lowest BCUT2D eigenvalue weighted by molar-refractivity contribution is -0.120. The van der Waals surface area contributed by atoms with E-state index in [9.17, 15) is 9.59 Å². The number of carbonyl (C=O) groups excluding carboxylic acids is 1. The minimum Gasteiger partial charge on any atom is -0.352 e. The van der Waals surface area contributed by atoms with Gasteiger partial charge >= 0.3 is 0 Å². The first-order valence-corrected chi connectivity index (χ1v) is 11.4. The van der Waals surface area contributed by atoms with Crippen LogP contribution in [-0.2, 0) is 24.2 Å². The van der Waals surface area contributed by atoms with E-state index >= 15 is 0 Å². The molecule has 27 heavy (non-hydrogen) atoms. The van der Waals surface area contributed by atoms with Gasteiger partial charge in [-0.1, -0.05) is 24.3 Å². The molecule has 4 rings (SSSR count). The van der Waals surface area contributed by atoms with E-state index in [0.29, 0.717) is 17.7 Å². The predicted molar refractivity (Wildman–Crippen MR) is 112 cm³/mol. The molecule has 2 aromatic rings. The van der Waals surface area contributed by atoms with Gasteiger partial charge < -0.3 is 5.32 Å². The standard InChI is InChI=1S/C20H25N3O2S2/c1-3-11-23-19(25)16-14-7-5-4-6-8-15(14)27-18(16)22-20(23)26-12(2)17(24)21-13-9-10-13/h3,12-13H,1,4-11H2,2H3,(H,21,24). The van der Waals surface area contributed by atoms with Crippen LogP contribution in [0, 0.1) is 0 Å². The highest BCUT2D eigenvalue weighted by Gasteiger charge is 2.27. The van der Waals surface area contributed by atoms with Crippen molar-refractivity contribution >= 4 is 39.2 Å². The number of rotatable bonds is 6. The van der Waals surface area contributed by atoms with E-state index in [1.807, 2.05) is 6.92 Å². The summed E-state index contributed by atoms with van der Waals surface area (Å²) in [6.07, 6.45) is 9.39. The van der Waals surface area contributed by atoms with Gasteiger partial charge in [-0.05, 0) is 51.0 Å². The van der Waals surface area contributed by atoms with Gasteiger partial charge in [-0.15, -0.1) is 17.9 Å². The van der Waals surface area contributed by atoms with Gasteiger partial charge in [0, 0.05) is 17.5 Å². The number of carbonyl (C=O) groups is 1. The number of allylic oxidation sites excluding steroid dienone is 1. The van der Waals surface area contributed by atoms with Crippen molar-refractivity contribution in [2.24, 2.45) is 0 Å². The molecule has 1 unspecified atom stereocenters. The van der Waals surface area contributed by atoms with Gasteiger partial charge in [0.2, 0.25) is 5.91 Å². The van der Waals surface area contributed by atoms with Crippen molar-refractivity contribution < 1.29 is 4.79 Å². The minimum absolute atomic E-state index is 0.0107. The van der Waals surface area contributed by atoms with E-state index in [4.69, 9.17) is 4.98 Å². The normalized spacial score (nSPS) is 18.0. The average Bonchev–Trinajstić information content (AvgIpc) is 3.42. The number of thioether (sulfide) groups is 1. The molecule has 0 radical (unpaired) electrons. The molecule has 1 atom stereocenters. The van der Waals surface area contributed by atoms with Gasteiger partial charge in [-0.3, -0.25) is 14.2 Å². The van der Waals surface area contributed by atoms with Crippen LogP contribution in [0.5, 0.6) is 0 Å². The molecule has 0 aromatic carbocycles. The highest BCUT2D eigenvalue weighted by atomic mass is 32.2. The Morgan fingerprint density at radius 2 is 2.19 bits per heavy atom. The van der Waals surface area contributed by atoms with Gasteiger partial charge in [0.1, 0.15) is 4.83 Å². The molecule has 0 bridgehead atoms. The number of thiophene rings is 1. The molecule has 2 heterocycles. The number of fused-ring (bicyclic) bond motifs is 3. The second kappa shape index (κ2) is 7.80. The monoisotopic (exact) mass is 403 g/mol. The van der Waals surface area contributed by atoms with Crippen LogP contribution in [0.3, 0.4) is 0 Å². The fraction of sp³-hybridized carbons (Fsp3) is 0.550. The highest BCUT2D eigenvalue weighted by molar-refractivity contribution is 8.00. The summed E-state index contributed by atoms with van der Waals surface area (Å²) in [5.74, 6) is 0.0176. The van der Waals surface area contributed by atoms with Crippen molar-refractivity contribution in [2.45, 2.75) is 74.9 Å². The quantitative estimate of drug-likeness (QED) is 0.346. The number of hydrogen-bond acceptors (Lipinski definition) is 5.